The van der Waals surface area contributed by atoms with Crippen LogP contribution in [-0.2, 0) is 6.54 Å². The Morgan fingerprint density at radius 2 is 1.93 bits per heavy atom. The molecule has 2 N–H and O–H groups in total. The second kappa shape index (κ2) is 7.58. The molecule has 8 heteroatoms. The second-order valence-electron chi connectivity index (χ2n) is 6.02. The van der Waals surface area contributed by atoms with Gasteiger partial charge in [0.1, 0.15) is 11.6 Å². The molecule has 0 saturated heterocycles. The van der Waals surface area contributed by atoms with Crippen molar-refractivity contribution in [2.24, 2.45) is 0 Å². The standard InChI is InChI=1S/C20H15ClN4O3/c21-13-5-3-6-14(11-13)22-19(26)24-18-16-8-1-2-9-17(16)23-20(27)25(18)12-15-7-4-10-28-15/h1-11H,12H2,(H2,22,24,26). The quantitative estimate of drug-likeness (QED) is 0.539. The van der Waals surface area contributed by atoms with E-state index in [1.165, 1.54) is 10.8 Å². The van der Waals surface area contributed by atoms with Crippen LogP contribution in [0, 0.1) is 0 Å². The minimum Gasteiger partial charge on any atom is -0.467 e. The van der Waals surface area contributed by atoms with Crippen molar-refractivity contribution in [2.75, 3.05) is 10.6 Å². The van der Waals surface area contributed by atoms with Crippen LogP contribution in [0.25, 0.3) is 10.9 Å². The summed E-state index contributed by atoms with van der Waals surface area (Å²) in [6, 6.07) is 16.8. The van der Waals surface area contributed by atoms with E-state index < -0.39 is 11.7 Å². The molecule has 7 nitrogen and oxygen atoms in total. The summed E-state index contributed by atoms with van der Waals surface area (Å²) in [7, 11) is 0. The van der Waals surface area contributed by atoms with Crippen LogP contribution in [0.1, 0.15) is 5.76 Å². The predicted molar refractivity (Wildman–Crippen MR) is 108 cm³/mol. The lowest BCUT2D eigenvalue weighted by Crippen LogP contribution is -2.30. The van der Waals surface area contributed by atoms with E-state index in [1.807, 2.05) is 6.07 Å². The second-order valence-corrected chi connectivity index (χ2v) is 6.45. The van der Waals surface area contributed by atoms with Gasteiger partial charge in [-0.3, -0.25) is 9.88 Å². The van der Waals surface area contributed by atoms with E-state index in [0.29, 0.717) is 33.2 Å². The van der Waals surface area contributed by atoms with Crippen molar-refractivity contribution in [1.29, 1.82) is 0 Å². The summed E-state index contributed by atoms with van der Waals surface area (Å²) in [6.45, 7) is 0.135. The number of furan rings is 1. The van der Waals surface area contributed by atoms with Crippen molar-refractivity contribution in [3.8, 4) is 0 Å². The molecule has 2 aromatic carbocycles. The van der Waals surface area contributed by atoms with Gasteiger partial charge in [-0.15, -0.1) is 0 Å². The van der Waals surface area contributed by atoms with Gasteiger partial charge in [0.25, 0.3) is 0 Å². The van der Waals surface area contributed by atoms with Crippen LogP contribution < -0.4 is 16.3 Å². The van der Waals surface area contributed by atoms with Gasteiger partial charge in [0.2, 0.25) is 0 Å². The molecule has 0 aliphatic carbocycles. The number of halogens is 1. The van der Waals surface area contributed by atoms with Crippen molar-refractivity contribution >= 4 is 40.0 Å². The number of nitrogens with zero attached hydrogens (tertiary/aromatic N) is 2. The SMILES string of the molecule is O=C(Nc1cccc(Cl)c1)Nc1c2ccccc2nc(=O)n1Cc1ccco1. The topological polar surface area (TPSA) is 89.2 Å². The van der Waals surface area contributed by atoms with Crippen LogP contribution in [-0.4, -0.2) is 15.6 Å². The molecule has 0 aliphatic heterocycles. The van der Waals surface area contributed by atoms with Crippen LogP contribution in [0.3, 0.4) is 0 Å². The summed E-state index contributed by atoms with van der Waals surface area (Å²) in [5, 5.41) is 6.61. The summed E-state index contributed by atoms with van der Waals surface area (Å²) in [5.74, 6) is 0.893. The van der Waals surface area contributed by atoms with Crippen LogP contribution >= 0.6 is 11.6 Å². The predicted octanol–water partition coefficient (Wildman–Crippen LogP) is 4.34. The van der Waals surface area contributed by atoms with Gasteiger partial charge < -0.3 is 9.73 Å². The molecule has 140 valence electrons. The van der Waals surface area contributed by atoms with Crippen molar-refractivity contribution in [3.63, 3.8) is 0 Å². The summed E-state index contributed by atoms with van der Waals surface area (Å²) < 4.78 is 6.70. The van der Waals surface area contributed by atoms with Crippen molar-refractivity contribution in [3.05, 3.63) is 88.2 Å². The first kappa shape index (κ1) is 17.8. The highest BCUT2D eigenvalue weighted by Gasteiger charge is 2.15. The van der Waals surface area contributed by atoms with Gasteiger partial charge in [-0.1, -0.05) is 29.8 Å². The minimum absolute atomic E-state index is 0.135. The Morgan fingerprint density at radius 1 is 1.07 bits per heavy atom. The molecule has 28 heavy (non-hydrogen) atoms. The highest BCUT2D eigenvalue weighted by atomic mass is 35.5. The van der Waals surface area contributed by atoms with E-state index >= 15 is 0 Å². The Labute approximate surface area is 164 Å². The third-order valence-corrected chi connectivity index (χ3v) is 4.32. The number of hydrogen-bond donors (Lipinski definition) is 2. The lowest BCUT2D eigenvalue weighted by atomic mass is 10.2. The number of benzene rings is 2. The maximum absolute atomic E-state index is 12.6. The molecule has 2 amide bonds. The first-order valence-electron chi connectivity index (χ1n) is 8.46. The van der Waals surface area contributed by atoms with E-state index in [9.17, 15) is 9.59 Å². The molecule has 2 aromatic heterocycles. The zero-order valence-electron chi connectivity index (χ0n) is 14.6. The van der Waals surface area contributed by atoms with Gasteiger partial charge in [0.15, 0.2) is 0 Å². The monoisotopic (exact) mass is 394 g/mol. The van der Waals surface area contributed by atoms with Gasteiger partial charge in [0.05, 0.1) is 18.3 Å². The highest BCUT2D eigenvalue weighted by Crippen LogP contribution is 2.22. The maximum Gasteiger partial charge on any atom is 0.350 e. The number of anilines is 2. The first-order valence-corrected chi connectivity index (χ1v) is 8.83. The Bertz CT molecular complexity index is 1200. The molecule has 0 atom stereocenters. The lowest BCUT2D eigenvalue weighted by molar-refractivity contribution is 0.262. The number of aromatic nitrogens is 2. The number of carbonyl (C=O) groups is 1. The average molecular weight is 395 g/mol. The van der Waals surface area contributed by atoms with Crippen molar-refractivity contribution in [1.82, 2.24) is 9.55 Å². The Hall–Kier alpha value is -3.58. The lowest BCUT2D eigenvalue weighted by Gasteiger charge is -2.15. The third-order valence-electron chi connectivity index (χ3n) is 4.08. The molecule has 0 bridgehead atoms. The van der Waals surface area contributed by atoms with Gasteiger partial charge in [0, 0.05) is 16.1 Å². The zero-order chi connectivity index (χ0) is 19.5. The smallest absolute Gasteiger partial charge is 0.350 e. The average Bonchev–Trinajstić information content (AvgIpc) is 3.18. The fraction of sp³-hybridized carbons (Fsp3) is 0.0500. The molecular formula is C20H15ClN4O3. The number of nitrogens with one attached hydrogen (secondary N) is 2. The van der Waals surface area contributed by atoms with E-state index in [2.05, 4.69) is 15.6 Å². The van der Waals surface area contributed by atoms with Gasteiger partial charge >= 0.3 is 11.7 Å². The molecule has 0 spiro atoms. The summed E-state index contributed by atoms with van der Waals surface area (Å²) >= 11 is 5.96. The Kier molecular flexibility index (Phi) is 4.82. The molecular weight excluding hydrogens is 380 g/mol. The fourth-order valence-corrected chi connectivity index (χ4v) is 3.04. The highest BCUT2D eigenvalue weighted by molar-refractivity contribution is 6.30. The first-order chi connectivity index (χ1) is 13.6. The Balaban J connectivity index is 1.73. The molecule has 0 unspecified atom stereocenters. The van der Waals surface area contributed by atoms with E-state index in [4.69, 9.17) is 16.0 Å². The molecule has 0 fully saturated rings. The minimum atomic E-state index is -0.508. The number of rotatable bonds is 4. The summed E-state index contributed by atoms with van der Waals surface area (Å²) in [5.41, 5.74) is 0.526. The number of hydrogen-bond acceptors (Lipinski definition) is 4. The fourth-order valence-electron chi connectivity index (χ4n) is 2.85. The van der Waals surface area contributed by atoms with E-state index in [1.54, 1.807) is 54.6 Å². The number of fused-ring (bicyclic) bond motifs is 1. The third kappa shape index (κ3) is 3.74. The number of amides is 2. The molecule has 0 saturated carbocycles. The largest absolute Gasteiger partial charge is 0.467 e. The number of urea groups is 1. The molecule has 2 heterocycles. The van der Waals surface area contributed by atoms with Crippen LogP contribution in [0.4, 0.5) is 16.3 Å². The summed E-state index contributed by atoms with van der Waals surface area (Å²) in [4.78, 5) is 29.3. The van der Waals surface area contributed by atoms with Crippen LogP contribution in [0.5, 0.6) is 0 Å². The normalized spacial score (nSPS) is 10.8. The Morgan fingerprint density at radius 3 is 2.71 bits per heavy atom. The molecule has 4 aromatic rings. The van der Waals surface area contributed by atoms with Crippen LogP contribution in [0.2, 0.25) is 5.02 Å². The van der Waals surface area contributed by atoms with Gasteiger partial charge in [-0.05, 0) is 42.5 Å². The number of carbonyl (C=O) groups excluding carboxylic acids is 1. The van der Waals surface area contributed by atoms with Gasteiger partial charge in [-0.25, -0.2) is 9.59 Å². The van der Waals surface area contributed by atoms with Crippen LogP contribution in [0.15, 0.2) is 76.1 Å². The van der Waals surface area contributed by atoms with Crippen molar-refractivity contribution < 1.29 is 9.21 Å². The summed E-state index contributed by atoms with van der Waals surface area (Å²) in [6.07, 6.45) is 1.52. The molecule has 0 aliphatic rings. The molecule has 4 rings (SSSR count). The number of para-hydroxylation sites is 1. The van der Waals surface area contributed by atoms with E-state index in [-0.39, 0.29) is 6.54 Å². The maximum atomic E-state index is 12.6. The van der Waals surface area contributed by atoms with Crippen molar-refractivity contribution in [2.45, 2.75) is 6.54 Å². The molecule has 0 radical (unpaired) electrons. The van der Waals surface area contributed by atoms with E-state index in [0.717, 1.165) is 0 Å². The zero-order valence-corrected chi connectivity index (χ0v) is 15.3. The van der Waals surface area contributed by atoms with Gasteiger partial charge in [-0.2, -0.15) is 4.98 Å².